The monoisotopic (exact) mass is 659 g/mol. The molecule has 0 aromatic carbocycles. The van der Waals surface area contributed by atoms with Gasteiger partial charge in [-0.25, -0.2) is 4.79 Å². The van der Waals surface area contributed by atoms with Crippen molar-refractivity contribution in [2.45, 2.75) is 122 Å². The average Bonchev–Trinajstić information content (AvgIpc) is 3.32. The maximum Gasteiger partial charge on any atom is 0.405 e. The Kier molecular flexibility index (Phi) is 11.1. The van der Waals surface area contributed by atoms with Gasteiger partial charge >= 0.3 is 12.1 Å². The largest absolute Gasteiger partial charge is 0.457 e. The first-order chi connectivity index (χ1) is 22.3. The second-order valence-electron chi connectivity index (χ2n) is 15.0. The van der Waals surface area contributed by atoms with Gasteiger partial charge < -0.3 is 20.3 Å². The number of piperidine rings is 1. The van der Waals surface area contributed by atoms with Crippen LogP contribution >= 0.6 is 0 Å². The smallest absolute Gasteiger partial charge is 0.405 e. The van der Waals surface area contributed by atoms with E-state index >= 15 is 0 Å². The van der Waals surface area contributed by atoms with Crippen molar-refractivity contribution < 1.29 is 32.3 Å². The third kappa shape index (κ3) is 8.41. The Morgan fingerprint density at radius 2 is 1.66 bits per heavy atom. The fourth-order valence-corrected chi connectivity index (χ4v) is 8.54. The van der Waals surface area contributed by atoms with Gasteiger partial charge in [0.1, 0.15) is 12.1 Å². The maximum atomic E-state index is 13.8. The lowest BCUT2D eigenvalue weighted by Gasteiger charge is -2.39. The van der Waals surface area contributed by atoms with Crippen molar-refractivity contribution in [3.63, 3.8) is 0 Å². The standard InChI is InChI=1S/C37H52F3N3O4/c1-35(2,3)47-33(45)29-15-5-4-14-28(29)32(44)42-25-18-22-43(23-19-25)21-11-10-20-36(34(46)41-24-37(38,39)40)30-16-8-6-12-26(30)27-13-7-9-17-31(27)36/h6,8-9,17,25-26,30H,4-5,7,10-16,18-24H2,1-3H3,(H,41,46)(H,42,44). The molecule has 1 fully saturated rings. The fraction of sp³-hybridized carbons (Fsp3) is 0.703. The average molecular weight is 660 g/mol. The summed E-state index contributed by atoms with van der Waals surface area (Å²) < 4.78 is 45.2. The zero-order valence-electron chi connectivity index (χ0n) is 28.3. The third-order valence-corrected chi connectivity index (χ3v) is 10.7. The summed E-state index contributed by atoms with van der Waals surface area (Å²) in [5.41, 5.74) is 1.77. The number of hydrogen-bond donors (Lipinski definition) is 2. The summed E-state index contributed by atoms with van der Waals surface area (Å²) in [7, 11) is 0. The van der Waals surface area contributed by atoms with Gasteiger partial charge in [0.15, 0.2) is 0 Å². The number of nitrogens with one attached hydrogen (secondary N) is 2. The molecule has 1 heterocycles. The molecule has 2 N–H and O–H groups in total. The summed E-state index contributed by atoms with van der Waals surface area (Å²) in [5, 5.41) is 5.48. The molecule has 5 rings (SSSR count). The van der Waals surface area contributed by atoms with Crippen LogP contribution in [0, 0.1) is 17.3 Å². The number of carbonyl (C=O) groups excluding carboxylic acids is 3. The Hall–Kier alpha value is -2.88. The molecule has 3 unspecified atom stereocenters. The molecule has 7 nitrogen and oxygen atoms in total. The van der Waals surface area contributed by atoms with Crippen molar-refractivity contribution in [1.82, 2.24) is 15.5 Å². The minimum absolute atomic E-state index is 0.0112. The van der Waals surface area contributed by atoms with Gasteiger partial charge in [-0.2, -0.15) is 13.2 Å². The number of carbonyl (C=O) groups is 3. The normalized spacial score (nSPS) is 27.0. The van der Waals surface area contributed by atoms with Crippen LogP contribution in [0.3, 0.4) is 0 Å². The van der Waals surface area contributed by atoms with Gasteiger partial charge in [0.25, 0.3) is 0 Å². The number of amides is 2. The summed E-state index contributed by atoms with van der Waals surface area (Å²) in [6.45, 7) is 6.67. The van der Waals surface area contributed by atoms with Crippen molar-refractivity contribution in [2.75, 3.05) is 26.2 Å². The van der Waals surface area contributed by atoms with E-state index < -0.39 is 35.6 Å². The summed E-state index contributed by atoms with van der Waals surface area (Å²) in [4.78, 5) is 42.2. The Balaban J connectivity index is 1.16. The van der Waals surface area contributed by atoms with Crippen molar-refractivity contribution in [3.05, 3.63) is 46.6 Å². The van der Waals surface area contributed by atoms with Gasteiger partial charge in [-0.15, -0.1) is 0 Å². The topological polar surface area (TPSA) is 87.7 Å². The molecular weight excluding hydrogens is 607 g/mol. The Morgan fingerprint density at radius 3 is 2.36 bits per heavy atom. The van der Waals surface area contributed by atoms with E-state index in [0.717, 1.165) is 83.0 Å². The Bertz CT molecular complexity index is 1320. The first-order valence-electron chi connectivity index (χ1n) is 17.7. The Labute approximate surface area is 277 Å². The molecule has 5 aliphatic rings. The maximum absolute atomic E-state index is 13.8. The van der Waals surface area contributed by atoms with E-state index in [2.05, 4.69) is 33.8 Å². The van der Waals surface area contributed by atoms with Crippen LogP contribution in [0.1, 0.15) is 104 Å². The van der Waals surface area contributed by atoms with Crippen LogP contribution in [-0.4, -0.2) is 66.7 Å². The molecule has 0 saturated carbocycles. The summed E-state index contributed by atoms with van der Waals surface area (Å²) in [6, 6.07) is 0.0342. The van der Waals surface area contributed by atoms with Crippen LogP contribution in [0.15, 0.2) is 46.6 Å². The molecule has 47 heavy (non-hydrogen) atoms. The SMILES string of the molecule is CC(C)(C)OC(=O)C1=C(C(=O)NC2CCN(CCCCC3(C(=O)NCC(F)(F)F)C4=C(CCC=C4)C4CC=CCC43)CC2)CCCC1. The van der Waals surface area contributed by atoms with Gasteiger partial charge in [0.2, 0.25) is 11.8 Å². The fourth-order valence-electron chi connectivity index (χ4n) is 8.54. The van der Waals surface area contributed by atoms with Gasteiger partial charge in [-0.05, 0) is 122 Å². The molecule has 3 atom stereocenters. The predicted molar refractivity (Wildman–Crippen MR) is 175 cm³/mol. The van der Waals surface area contributed by atoms with Crippen LogP contribution in [-0.2, 0) is 19.1 Å². The lowest BCUT2D eigenvalue weighted by atomic mass is 9.64. The summed E-state index contributed by atoms with van der Waals surface area (Å²) >= 11 is 0. The second-order valence-corrected chi connectivity index (χ2v) is 15.0. The van der Waals surface area contributed by atoms with Crippen LogP contribution < -0.4 is 10.6 Å². The van der Waals surface area contributed by atoms with E-state index in [1.54, 1.807) is 0 Å². The Morgan fingerprint density at radius 1 is 0.957 bits per heavy atom. The van der Waals surface area contributed by atoms with Crippen LogP contribution in [0.25, 0.3) is 0 Å². The molecule has 1 saturated heterocycles. The molecule has 2 amide bonds. The number of rotatable bonds is 10. The van der Waals surface area contributed by atoms with E-state index in [1.165, 1.54) is 5.57 Å². The van der Waals surface area contributed by atoms with Crippen LogP contribution in [0.5, 0.6) is 0 Å². The van der Waals surface area contributed by atoms with E-state index in [0.29, 0.717) is 36.8 Å². The molecule has 260 valence electrons. The molecule has 0 bridgehead atoms. The number of nitrogens with zero attached hydrogens (tertiary/aromatic N) is 1. The highest BCUT2D eigenvalue weighted by atomic mass is 19.4. The highest BCUT2D eigenvalue weighted by Crippen LogP contribution is 2.60. The molecule has 0 spiro atoms. The van der Waals surface area contributed by atoms with Crippen molar-refractivity contribution in [1.29, 1.82) is 0 Å². The highest BCUT2D eigenvalue weighted by Gasteiger charge is 2.56. The van der Waals surface area contributed by atoms with E-state index in [1.807, 2.05) is 26.8 Å². The quantitative estimate of drug-likeness (QED) is 0.152. The van der Waals surface area contributed by atoms with E-state index in [4.69, 9.17) is 4.74 Å². The number of alkyl halides is 3. The van der Waals surface area contributed by atoms with Crippen molar-refractivity contribution in [2.24, 2.45) is 17.3 Å². The van der Waals surface area contributed by atoms with Gasteiger partial charge in [0.05, 0.1) is 5.41 Å². The third-order valence-electron chi connectivity index (χ3n) is 10.7. The number of fused-ring (bicyclic) bond motifs is 2. The molecule has 4 aliphatic carbocycles. The first-order valence-corrected chi connectivity index (χ1v) is 17.7. The van der Waals surface area contributed by atoms with Crippen molar-refractivity contribution >= 4 is 17.8 Å². The first kappa shape index (κ1) is 35.4. The van der Waals surface area contributed by atoms with Crippen molar-refractivity contribution in [3.8, 4) is 0 Å². The molecule has 10 heteroatoms. The van der Waals surface area contributed by atoms with Gasteiger partial charge in [-0.1, -0.05) is 36.3 Å². The molecule has 0 aromatic rings. The zero-order valence-corrected chi connectivity index (χ0v) is 28.3. The van der Waals surface area contributed by atoms with Crippen LogP contribution in [0.4, 0.5) is 13.2 Å². The molecule has 1 aliphatic heterocycles. The van der Waals surface area contributed by atoms with E-state index in [-0.39, 0.29) is 23.8 Å². The van der Waals surface area contributed by atoms with Gasteiger partial charge in [0, 0.05) is 30.3 Å². The van der Waals surface area contributed by atoms with E-state index in [9.17, 15) is 27.6 Å². The number of hydrogen-bond acceptors (Lipinski definition) is 5. The number of unbranched alkanes of at least 4 members (excludes halogenated alkanes) is 1. The molecule has 0 radical (unpaired) electrons. The number of likely N-dealkylation sites (tertiary alicyclic amines) is 1. The summed E-state index contributed by atoms with van der Waals surface area (Å²) in [6.07, 6.45) is 13.9. The van der Waals surface area contributed by atoms with Gasteiger partial charge in [-0.3, -0.25) is 9.59 Å². The lowest BCUT2D eigenvalue weighted by molar-refractivity contribution is -0.150. The number of allylic oxidation sites excluding steroid dienone is 5. The highest BCUT2D eigenvalue weighted by molar-refractivity contribution is 6.03. The summed E-state index contributed by atoms with van der Waals surface area (Å²) in [5.74, 6) is -0.817. The van der Waals surface area contributed by atoms with Crippen LogP contribution in [0.2, 0.25) is 0 Å². The number of ether oxygens (including phenoxy) is 1. The number of halogens is 3. The molecule has 0 aromatic heterocycles. The lowest BCUT2D eigenvalue weighted by Crippen LogP contribution is -2.49. The number of esters is 1. The predicted octanol–water partition coefficient (Wildman–Crippen LogP) is 6.86. The molecular formula is C37H52F3N3O4. The second kappa shape index (κ2) is 14.7. The minimum Gasteiger partial charge on any atom is -0.457 e. The minimum atomic E-state index is -4.46. The zero-order chi connectivity index (χ0) is 33.8.